The highest BCUT2D eigenvalue weighted by atomic mass is 16.2. The van der Waals surface area contributed by atoms with Crippen molar-refractivity contribution in [2.45, 2.75) is 13.5 Å². The molecule has 0 saturated carbocycles. The Balaban J connectivity index is 1.72. The summed E-state index contributed by atoms with van der Waals surface area (Å²) < 4.78 is 0. The first-order valence-electron chi connectivity index (χ1n) is 7.81. The molecule has 1 aromatic heterocycles. The molecular weight excluding hydrogens is 298 g/mol. The van der Waals surface area contributed by atoms with Crippen LogP contribution in [0.15, 0.2) is 67.1 Å². The van der Waals surface area contributed by atoms with Crippen molar-refractivity contribution in [1.82, 2.24) is 14.9 Å². The molecule has 4 heteroatoms. The Bertz CT molecular complexity index is 829. The van der Waals surface area contributed by atoms with Crippen LogP contribution in [0.2, 0.25) is 0 Å². The Labute approximate surface area is 141 Å². The zero-order chi connectivity index (χ0) is 16.9. The average Bonchev–Trinajstić information content (AvgIpc) is 2.63. The van der Waals surface area contributed by atoms with E-state index in [2.05, 4.69) is 46.4 Å². The zero-order valence-corrected chi connectivity index (χ0v) is 13.8. The van der Waals surface area contributed by atoms with E-state index in [-0.39, 0.29) is 5.91 Å². The second-order valence-electron chi connectivity index (χ2n) is 5.75. The number of amides is 1. The maximum Gasteiger partial charge on any atom is 0.257 e. The van der Waals surface area contributed by atoms with Crippen molar-refractivity contribution in [3.8, 4) is 11.1 Å². The highest BCUT2D eigenvalue weighted by Gasteiger charge is 2.15. The minimum atomic E-state index is -0.0692. The molecule has 0 aliphatic heterocycles. The second-order valence-corrected chi connectivity index (χ2v) is 5.75. The summed E-state index contributed by atoms with van der Waals surface area (Å²) in [6, 6.07) is 18.5. The van der Waals surface area contributed by atoms with E-state index in [1.165, 1.54) is 17.5 Å². The standard InChI is InChI=1S/C20H19N3O/c1-15-19(12-21-14-22-15)20(24)23(2)13-16-8-10-18(11-9-16)17-6-4-3-5-7-17/h3-12,14H,13H2,1-2H3. The van der Waals surface area contributed by atoms with Crippen LogP contribution >= 0.6 is 0 Å². The summed E-state index contributed by atoms with van der Waals surface area (Å²) in [5.41, 5.74) is 4.67. The van der Waals surface area contributed by atoms with E-state index in [4.69, 9.17) is 0 Å². The summed E-state index contributed by atoms with van der Waals surface area (Å²) >= 11 is 0. The zero-order valence-electron chi connectivity index (χ0n) is 13.8. The summed E-state index contributed by atoms with van der Waals surface area (Å²) in [5.74, 6) is -0.0692. The van der Waals surface area contributed by atoms with E-state index in [9.17, 15) is 4.79 Å². The lowest BCUT2D eigenvalue weighted by atomic mass is 10.0. The van der Waals surface area contributed by atoms with Crippen LogP contribution in [0.4, 0.5) is 0 Å². The van der Waals surface area contributed by atoms with Crippen LogP contribution in [0.5, 0.6) is 0 Å². The maximum absolute atomic E-state index is 12.5. The lowest BCUT2D eigenvalue weighted by Gasteiger charge is -2.18. The van der Waals surface area contributed by atoms with Gasteiger partial charge in [-0.3, -0.25) is 4.79 Å². The van der Waals surface area contributed by atoms with Crippen molar-refractivity contribution in [2.24, 2.45) is 0 Å². The van der Waals surface area contributed by atoms with E-state index in [1.807, 2.05) is 25.1 Å². The Morgan fingerprint density at radius 2 is 1.67 bits per heavy atom. The van der Waals surface area contributed by atoms with E-state index < -0.39 is 0 Å². The lowest BCUT2D eigenvalue weighted by molar-refractivity contribution is 0.0783. The van der Waals surface area contributed by atoms with Crippen LogP contribution in [0.3, 0.4) is 0 Å². The molecule has 0 radical (unpaired) electrons. The van der Waals surface area contributed by atoms with Crippen LogP contribution in [0.25, 0.3) is 11.1 Å². The smallest absolute Gasteiger partial charge is 0.257 e. The van der Waals surface area contributed by atoms with Gasteiger partial charge < -0.3 is 4.90 Å². The number of hydrogen-bond donors (Lipinski definition) is 0. The van der Waals surface area contributed by atoms with Gasteiger partial charge in [-0.1, -0.05) is 54.6 Å². The van der Waals surface area contributed by atoms with Gasteiger partial charge in [0.25, 0.3) is 5.91 Å². The van der Waals surface area contributed by atoms with Crippen molar-refractivity contribution < 1.29 is 4.79 Å². The Kier molecular flexibility index (Phi) is 4.66. The number of benzene rings is 2. The Morgan fingerprint density at radius 1 is 1.00 bits per heavy atom. The minimum absolute atomic E-state index is 0.0692. The van der Waals surface area contributed by atoms with Crippen molar-refractivity contribution in [3.63, 3.8) is 0 Å². The first-order chi connectivity index (χ1) is 11.6. The second kappa shape index (κ2) is 7.04. The molecule has 2 aromatic carbocycles. The number of carbonyl (C=O) groups is 1. The van der Waals surface area contributed by atoms with Crippen LogP contribution < -0.4 is 0 Å². The van der Waals surface area contributed by atoms with Crippen molar-refractivity contribution in [3.05, 3.63) is 83.9 Å². The molecule has 0 unspecified atom stereocenters. The number of nitrogens with zero attached hydrogens (tertiary/aromatic N) is 3. The van der Waals surface area contributed by atoms with Crippen LogP contribution in [-0.2, 0) is 6.54 Å². The Hall–Kier alpha value is -3.01. The third-order valence-electron chi connectivity index (χ3n) is 3.97. The van der Waals surface area contributed by atoms with Gasteiger partial charge in [-0.2, -0.15) is 0 Å². The predicted octanol–water partition coefficient (Wildman–Crippen LogP) is 3.72. The van der Waals surface area contributed by atoms with Crippen molar-refractivity contribution in [1.29, 1.82) is 0 Å². The van der Waals surface area contributed by atoms with Gasteiger partial charge in [0.15, 0.2) is 0 Å². The molecule has 0 atom stereocenters. The largest absolute Gasteiger partial charge is 0.337 e. The first kappa shape index (κ1) is 15.9. The summed E-state index contributed by atoms with van der Waals surface area (Å²) in [4.78, 5) is 22.2. The van der Waals surface area contributed by atoms with E-state index in [0.29, 0.717) is 17.8 Å². The SMILES string of the molecule is Cc1ncncc1C(=O)N(C)Cc1ccc(-c2ccccc2)cc1. The van der Waals surface area contributed by atoms with Crippen LogP contribution in [-0.4, -0.2) is 27.8 Å². The fraction of sp³-hybridized carbons (Fsp3) is 0.150. The van der Waals surface area contributed by atoms with E-state index >= 15 is 0 Å². The summed E-state index contributed by atoms with van der Waals surface area (Å²) in [7, 11) is 1.79. The minimum Gasteiger partial charge on any atom is -0.337 e. The number of carbonyl (C=O) groups excluding carboxylic acids is 1. The average molecular weight is 317 g/mol. The highest BCUT2D eigenvalue weighted by molar-refractivity contribution is 5.94. The van der Waals surface area contributed by atoms with Gasteiger partial charge in [0.2, 0.25) is 0 Å². The van der Waals surface area contributed by atoms with Crippen molar-refractivity contribution >= 4 is 5.91 Å². The van der Waals surface area contributed by atoms with Gasteiger partial charge in [0, 0.05) is 19.8 Å². The maximum atomic E-state index is 12.5. The fourth-order valence-corrected chi connectivity index (χ4v) is 2.59. The van der Waals surface area contributed by atoms with Gasteiger partial charge >= 0.3 is 0 Å². The number of aryl methyl sites for hydroxylation is 1. The topological polar surface area (TPSA) is 46.1 Å². The molecule has 0 fully saturated rings. The predicted molar refractivity (Wildman–Crippen MR) is 94.4 cm³/mol. The molecule has 3 aromatic rings. The third kappa shape index (κ3) is 3.49. The summed E-state index contributed by atoms with van der Waals surface area (Å²) in [6.07, 6.45) is 3.02. The normalized spacial score (nSPS) is 10.4. The number of aromatic nitrogens is 2. The molecule has 1 amide bonds. The van der Waals surface area contributed by atoms with Crippen LogP contribution in [0.1, 0.15) is 21.6 Å². The molecule has 0 bridgehead atoms. The molecular formula is C20H19N3O. The first-order valence-corrected chi connectivity index (χ1v) is 7.81. The summed E-state index contributed by atoms with van der Waals surface area (Å²) in [6.45, 7) is 2.36. The van der Waals surface area contributed by atoms with E-state index in [1.54, 1.807) is 18.1 Å². The highest BCUT2D eigenvalue weighted by Crippen LogP contribution is 2.20. The quantitative estimate of drug-likeness (QED) is 0.736. The molecule has 24 heavy (non-hydrogen) atoms. The molecule has 4 nitrogen and oxygen atoms in total. The third-order valence-corrected chi connectivity index (χ3v) is 3.97. The lowest BCUT2D eigenvalue weighted by Crippen LogP contribution is -2.27. The molecule has 3 rings (SSSR count). The molecule has 0 saturated heterocycles. The van der Waals surface area contributed by atoms with Gasteiger partial charge in [-0.15, -0.1) is 0 Å². The molecule has 0 aliphatic carbocycles. The molecule has 1 heterocycles. The summed E-state index contributed by atoms with van der Waals surface area (Å²) in [5, 5.41) is 0. The molecule has 120 valence electrons. The van der Waals surface area contributed by atoms with Crippen LogP contribution in [0, 0.1) is 6.92 Å². The van der Waals surface area contributed by atoms with Gasteiger partial charge in [-0.05, 0) is 23.6 Å². The molecule has 0 spiro atoms. The van der Waals surface area contributed by atoms with E-state index in [0.717, 1.165) is 5.56 Å². The monoisotopic (exact) mass is 317 g/mol. The van der Waals surface area contributed by atoms with Gasteiger partial charge in [0.1, 0.15) is 6.33 Å². The van der Waals surface area contributed by atoms with Crippen molar-refractivity contribution in [2.75, 3.05) is 7.05 Å². The van der Waals surface area contributed by atoms with Gasteiger partial charge in [-0.25, -0.2) is 9.97 Å². The Morgan fingerprint density at radius 3 is 2.33 bits per heavy atom. The molecule has 0 aliphatic rings. The molecule has 0 N–H and O–H groups in total. The van der Waals surface area contributed by atoms with Gasteiger partial charge in [0.05, 0.1) is 11.3 Å². The number of hydrogen-bond acceptors (Lipinski definition) is 3. The fourth-order valence-electron chi connectivity index (χ4n) is 2.59. The number of rotatable bonds is 4.